The van der Waals surface area contributed by atoms with Gasteiger partial charge in [0, 0.05) is 6.66 Å². The zero-order chi connectivity index (χ0) is 7.40. The molecule has 1 aromatic rings. The second-order valence-corrected chi connectivity index (χ2v) is 4.28. The summed E-state index contributed by atoms with van der Waals surface area (Å²) in [5.41, 5.74) is 0. The van der Waals surface area contributed by atoms with E-state index in [1.165, 1.54) is 0 Å². The van der Waals surface area contributed by atoms with Crippen LogP contribution in [-0.2, 0) is 0 Å². The number of halogens is 1. The van der Waals surface area contributed by atoms with Gasteiger partial charge in [-0.3, -0.25) is 0 Å². The third kappa shape index (κ3) is 2.55. The van der Waals surface area contributed by atoms with Crippen molar-refractivity contribution in [3.63, 3.8) is 0 Å². The molecule has 1 nitrogen and oxygen atoms in total. The summed E-state index contributed by atoms with van der Waals surface area (Å²) in [6.45, 7) is 1.85. The van der Waals surface area contributed by atoms with Crippen molar-refractivity contribution in [1.29, 1.82) is 0 Å². The molecule has 1 unspecified atom stereocenters. The molecule has 0 aliphatic rings. The summed E-state index contributed by atoms with van der Waals surface area (Å²) in [7, 11) is -0.805. The number of rotatable bonds is 2. The Kier molecular flexibility index (Phi) is 2.98. The maximum atomic E-state index is 5.65. The van der Waals surface area contributed by atoms with E-state index in [1.807, 2.05) is 37.0 Å². The molecule has 0 saturated carbocycles. The number of hydrogen-bond acceptors (Lipinski definition) is 1. The second kappa shape index (κ2) is 3.80. The molecule has 0 N–H and O–H groups in total. The van der Waals surface area contributed by atoms with Crippen LogP contribution in [0.15, 0.2) is 30.3 Å². The highest BCUT2D eigenvalue weighted by Gasteiger charge is 1.96. The maximum absolute atomic E-state index is 5.65. The topological polar surface area (TPSA) is 9.23 Å². The molecule has 54 valence electrons. The first-order valence-electron chi connectivity index (χ1n) is 2.91. The molecule has 0 amide bonds. The first-order chi connectivity index (χ1) is 4.79. The van der Waals surface area contributed by atoms with Crippen molar-refractivity contribution in [2.24, 2.45) is 0 Å². The van der Waals surface area contributed by atoms with Crippen LogP contribution in [0, 0.1) is 0 Å². The summed E-state index contributed by atoms with van der Waals surface area (Å²) in [5, 5.41) is 0. The lowest BCUT2D eigenvalue weighted by molar-refractivity contribution is 0.631. The summed E-state index contributed by atoms with van der Waals surface area (Å²) in [5.74, 6) is 0.839. The lowest BCUT2D eigenvalue weighted by Gasteiger charge is -2.04. The van der Waals surface area contributed by atoms with E-state index >= 15 is 0 Å². The van der Waals surface area contributed by atoms with Gasteiger partial charge in [0.25, 0.3) is 0 Å². The molecule has 1 rings (SSSR count). The summed E-state index contributed by atoms with van der Waals surface area (Å²) in [4.78, 5) is 0. The SMILES string of the molecule is CP(Cl)Oc1ccccc1. The van der Waals surface area contributed by atoms with E-state index in [2.05, 4.69) is 0 Å². The van der Waals surface area contributed by atoms with Crippen molar-refractivity contribution >= 4 is 18.7 Å². The minimum absolute atomic E-state index is 0.805. The van der Waals surface area contributed by atoms with E-state index in [-0.39, 0.29) is 0 Å². The van der Waals surface area contributed by atoms with Crippen molar-refractivity contribution in [2.45, 2.75) is 0 Å². The highest BCUT2D eigenvalue weighted by atomic mass is 35.7. The fourth-order valence-corrected chi connectivity index (χ4v) is 1.28. The maximum Gasteiger partial charge on any atom is 0.179 e. The number of benzene rings is 1. The van der Waals surface area contributed by atoms with Crippen LogP contribution in [0.5, 0.6) is 5.75 Å². The second-order valence-electron chi connectivity index (χ2n) is 1.82. The van der Waals surface area contributed by atoms with Crippen LogP contribution in [0.2, 0.25) is 0 Å². The summed E-state index contributed by atoms with van der Waals surface area (Å²) >= 11 is 5.65. The normalized spacial score (nSPS) is 12.6. The van der Waals surface area contributed by atoms with Crippen molar-refractivity contribution in [3.8, 4) is 5.75 Å². The Bertz CT molecular complexity index is 188. The molecular weight excluding hydrogens is 167 g/mol. The van der Waals surface area contributed by atoms with Crippen LogP contribution in [-0.4, -0.2) is 6.66 Å². The van der Waals surface area contributed by atoms with Gasteiger partial charge in [0.1, 0.15) is 5.75 Å². The average molecular weight is 175 g/mol. The number of para-hydroxylation sites is 1. The predicted molar refractivity (Wildman–Crippen MR) is 45.8 cm³/mol. The van der Waals surface area contributed by atoms with E-state index in [0.29, 0.717) is 0 Å². The van der Waals surface area contributed by atoms with Crippen LogP contribution in [0.1, 0.15) is 0 Å². The minimum Gasteiger partial charge on any atom is -0.458 e. The zero-order valence-corrected chi connectivity index (χ0v) is 7.27. The van der Waals surface area contributed by atoms with Crippen molar-refractivity contribution in [3.05, 3.63) is 30.3 Å². The Hall–Kier alpha value is -0.260. The smallest absolute Gasteiger partial charge is 0.179 e. The molecule has 0 radical (unpaired) electrons. The van der Waals surface area contributed by atoms with Gasteiger partial charge in [-0.1, -0.05) is 29.4 Å². The van der Waals surface area contributed by atoms with E-state index in [9.17, 15) is 0 Å². The largest absolute Gasteiger partial charge is 0.458 e. The molecular formula is C7H8ClOP. The van der Waals surface area contributed by atoms with Crippen molar-refractivity contribution in [1.82, 2.24) is 0 Å². The van der Waals surface area contributed by atoms with Gasteiger partial charge in [-0.05, 0) is 12.1 Å². The molecule has 0 spiro atoms. The fourth-order valence-electron chi connectivity index (χ4n) is 0.627. The first kappa shape index (κ1) is 7.84. The first-order valence-corrected chi connectivity index (χ1v) is 5.53. The quantitative estimate of drug-likeness (QED) is 0.626. The Morgan fingerprint density at radius 3 is 2.40 bits per heavy atom. The minimum atomic E-state index is -0.805. The average Bonchev–Trinajstić information content (AvgIpc) is 1.88. The van der Waals surface area contributed by atoms with Gasteiger partial charge in [-0.15, -0.1) is 0 Å². The Morgan fingerprint density at radius 1 is 1.30 bits per heavy atom. The van der Waals surface area contributed by atoms with Gasteiger partial charge in [-0.25, -0.2) is 0 Å². The molecule has 0 bridgehead atoms. The highest BCUT2D eigenvalue weighted by molar-refractivity contribution is 7.79. The molecule has 0 aliphatic heterocycles. The molecule has 0 heterocycles. The molecule has 0 aliphatic carbocycles. The zero-order valence-electron chi connectivity index (χ0n) is 5.62. The highest BCUT2D eigenvalue weighted by Crippen LogP contribution is 2.38. The third-order valence-corrected chi connectivity index (χ3v) is 1.64. The molecule has 0 fully saturated rings. The van der Waals surface area contributed by atoms with E-state index < -0.39 is 7.50 Å². The fraction of sp³-hybridized carbons (Fsp3) is 0.143. The summed E-state index contributed by atoms with van der Waals surface area (Å²) in [6, 6.07) is 9.57. The van der Waals surface area contributed by atoms with Crippen LogP contribution in [0.3, 0.4) is 0 Å². The standard InChI is InChI=1S/C7H8ClOP/c1-10(8)9-7-5-3-2-4-6-7/h2-6H,1H3. The van der Waals surface area contributed by atoms with Gasteiger partial charge >= 0.3 is 0 Å². The molecule has 1 atom stereocenters. The molecule has 1 aromatic carbocycles. The van der Waals surface area contributed by atoms with Gasteiger partial charge in [-0.2, -0.15) is 0 Å². The van der Waals surface area contributed by atoms with E-state index in [1.54, 1.807) is 0 Å². The molecule has 0 saturated heterocycles. The van der Waals surface area contributed by atoms with Gasteiger partial charge in [0.05, 0.1) is 0 Å². The van der Waals surface area contributed by atoms with Gasteiger partial charge in [0.2, 0.25) is 0 Å². The van der Waals surface area contributed by atoms with E-state index in [0.717, 1.165) is 5.75 Å². The Balaban J connectivity index is 2.59. The predicted octanol–water partition coefficient (Wildman–Crippen LogP) is 3.25. The van der Waals surface area contributed by atoms with Crippen LogP contribution >= 0.6 is 18.7 Å². The Morgan fingerprint density at radius 2 is 1.90 bits per heavy atom. The third-order valence-electron chi connectivity index (χ3n) is 0.974. The Labute approximate surface area is 66.6 Å². The monoisotopic (exact) mass is 174 g/mol. The van der Waals surface area contributed by atoms with Crippen LogP contribution in [0.4, 0.5) is 0 Å². The summed E-state index contributed by atoms with van der Waals surface area (Å²) < 4.78 is 5.24. The summed E-state index contributed by atoms with van der Waals surface area (Å²) in [6.07, 6.45) is 0. The molecule has 0 aromatic heterocycles. The van der Waals surface area contributed by atoms with Crippen molar-refractivity contribution in [2.75, 3.05) is 6.66 Å². The molecule has 10 heavy (non-hydrogen) atoms. The lowest BCUT2D eigenvalue weighted by atomic mass is 10.3. The van der Waals surface area contributed by atoms with E-state index in [4.69, 9.17) is 15.8 Å². The molecule has 3 heteroatoms. The lowest BCUT2D eigenvalue weighted by Crippen LogP contribution is -1.78. The van der Waals surface area contributed by atoms with Gasteiger partial charge in [0.15, 0.2) is 7.50 Å². The number of hydrogen-bond donors (Lipinski definition) is 0. The van der Waals surface area contributed by atoms with Crippen LogP contribution in [0.25, 0.3) is 0 Å². The van der Waals surface area contributed by atoms with Crippen molar-refractivity contribution < 1.29 is 4.52 Å². The van der Waals surface area contributed by atoms with Gasteiger partial charge < -0.3 is 4.52 Å². The van der Waals surface area contributed by atoms with Crippen LogP contribution < -0.4 is 4.52 Å².